The maximum atomic E-state index is 12.2. The van der Waals surface area contributed by atoms with Gasteiger partial charge in [0.25, 0.3) is 0 Å². The van der Waals surface area contributed by atoms with Crippen LogP contribution in [0.1, 0.15) is 28.9 Å². The number of amides is 1. The van der Waals surface area contributed by atoms with Gasteiger partial charge >= 0.3 is 6.09 Å². The van der Waals surface area contributed by atoms with E-state index in [0.29, 0.717) is 17.0 Å². The van der Waals surface area contributed by atoms with Gasteiger partial charge in [0, 0.05) is 31.4 Å². The Morgan fingerprint density at radius 3 is 2.90 bits per heavy atom. The molecule has 1 aromatic carbocycles. The van der Waals surface area contributed by atoms with Gasteiger partial charge in [-0.15, -0.1) is 0 Å². The number of anilines is 1. The van der Waals surface area contributed by atoms with Crippen molar-refractivity contribution in [3.05, 3.63) is 47.9 Å². The molecule has 160 valence electrons. The Balaban J connectivity index is 1.47. The first-order chi connectivity index (χ1) is 15.2. The Morgan fingerprint density at radius 1 is 1.29 bits per heavy atom. The number of rotatable bonds is 6. The molecule has 3 aromatic rings. The van der Waals surface area contributed by atoms with Crippen molar-refractivity contribution in [1.29, 1.82) is 0 Å². The molecule has 0 unspecified atom stereocenters. The summed E-state index contributed by atoms with van der Waals surface area (Å²) in [5.41, 5.74) is 3.44. The maximum Gasteiger partial charge on any atom is 0.413 e. The van der Waals surface area contributed by atoms with Crippen molar-refractivity contribution in [2.24, 2.45) is 0 Å². The van der Waals surface area contributed by atoms with Crippen LogP contribution in [-0.2, 0) is 16.0 Å². The second-order valence-electron chi connectivity index (χ2n) is 7.79. The van der Waals surface area contributed by atoms with Crippen molar-refractivity contribution in [3.63, 3.8) is 0 Å². The number of aromatic nitrogens is 3. The van der Waals surface area contributed by atoms with Crippen LogP contribution in [0.4, 0.5) is 10.6 Å². The van der Waals surface area contributed by atoms with Gasteiger partial charge in [-0.2, -0.15) is 0 Å². The van der Waals surface area contributed by atoms with Gasteiger partial charge in [-0.25, -0.2) is 14.8 Å². The monoisotopic (exact) mass is 421 g/mol. The van der Waals surface area contributed by atoms with Gasteiger partial charge in [0.15, 0.2) is 17.8 Å². The second-order valence-corrected chi connectivity index (χ2v) is 7.79. The van der Waals surface area contributed by atoms with Crippen LogP contribution in [0.2, 0.25) is 0 Å². The molecule has 9 nitrogen and oxygen atoms in total. The summed E-state index contributed by atoms with van der Waals surface area (Å²) in [5.74, 6) is 0.259. The van der Waals surface area contributed by atoms with E-state index in [1.165, 1.54) is 6.20 Å². The lowest BCUT2D eigenvalue weighted by Crippen LogP contribution is -2.35. The lowest BCUT2D eigenvalue weighted by atomic mass is 10.1. The molecule has 1 N–H and O–H groups in total. The summed E-state index contributed by atoms with van der Waals surface area (Å²) in [6.07, 6.45) is 5.12. The zero-order valence-corrected chi connectivity index (χ0v) is 17.0. The predicted octanol–water partition coefficient (Wildman–Crippen LogP) is 2.75. The fraction of sp³-hybridized carbons (Fsp3) is 0.364. The number of carbonyl (C=O) groups excluding carboxylic acids is 2. The van der Waals surface area contributed by atoms with Crippen molar-refractivity contribution < 1.29 is 19.1 Å². The number of morpholine rings is 1. The summed E-state index contributed by atoms with van der Waals surface area (Å²) in [6, 6.07) is 8.10. The van der Waals surface area contributed by atoms with E-state index in [4.69, 9.17) is 9.47 Å². The molecular weight excluding hydrogens is 398 g/mol. The highest BCUT2D eigenvalue weighted by molar-refractivity contribution is 5.89. The summed E-state index contributed by atoms with van der Waals surface area (Å²) in [7, 11) is 0. The first-order valence-corrected chi connectivity index (χ1v) is 10.4. The molecule has 0 bridgehead atoms. The van der Waals surface area contributed by atoms with Gasteiger partial charge in [0.1, 0.15) is 11.8 Å². The number of imidazole rings is 1. The highest BCUT2D eigenvalue weighted by Crippen LogP contribution is 2.26. The zero-order chi connectivity index (χ0) is 21.2. The normalized spacial score (nSPS) is 16.9. The Bertz CT molecular complexity index is 1120. The van der Waals surface area contributed by atoms with E-state index in [1.54, 1.807) is 10.6 Å². The minimum Gasteiger partial charge on any atom is -0.446 e. The molecule has 2 aliphatic rings. The molecule has 0 spiro atoms. The van der Waals surface area contributed by atoms with Crippen LogP contribution in [0.25, 0.3) is 16.9 Å². The number of carbonyl (C=O) groups is 2. The van der Waals surface area contributed by atoms with Gasteiger partial charge in [-0.05, 0) is 24.5 Å². The molecule has 0 radical (unpaired) electrons. The van der Waals surface area contributed by atoms with Crippen LogP contribution in [0, 0.1) is 0 Å². The van der Waals surface area contributed by atoms with Crippen LogP contribution in [-0.4, -0.2) is 64.1 Å². The van der Waals surface area contributed by atoms with E-state index < -0.39 is 6.09 Å². The summed E-state index contributed by atoms with van der Waals surface area (Å²) in [4.78, 5) is 34.9. The smallest absolute Gasteiger partial charge is 0.413 e. The second kappa shape index (κ2) is 8.44. The summed E-state index contributed by atoms with van der Waals surface area (Å²) < 4.78 is 12.3. The molecule has 31 heavy (non-hydrogen) atoms. The van der Waals surface area contributed by atoms with Crippen LogP contribution in [0.3, 0.4) is 0 Å². The molecule has 2 fully saturated rings. The van der Waals surface area contributed by atoms with Gasteiger partial charge in [-0.1, -0.05) is 18.2 Å². The molecule has 1 saturated carbocycles. The van der Waals surface area contributed by atoms with E-state index in [0.717, 1.165) is 63.1 Å². The quantitative estimate of drug-likeness (QED) is 0.611. The predicted molar refractivity (Wildman–Crippen MR) is 113 cm³/mol. The Kier molecular flexibility index (Phi) is 5.35. The SMILES string of the molecule is O=Cc1cnc2c(NC(=O)OC3CC3)nc(-c3cccc(CN4CCOCC4)c3)cn12. The van der Waals surface area contributed by atoms with Crippen LogP contribution < -0.4 is 5.32 Å². The van der Waals surface area contributed by atoms with Crippen LogP contribution in [0.5, 0.6) is 0 Å². The highest BCUT2D eigenvalue weighted by Gasteiger charge is 2.26. The van der Waals surface area contributed by atoms with E-state index in [-0.39, 0.29) is 11.9 Å². The lowest BCUT2D eigenvalue weighted by molar-refractivity contribution is 0.0342. The minimum absolute atomic E-state index is 0.0265. The van der Waals surface area contributed by atoms with Crippen molar-refractivity contribution in [3.8, 4) is 11.3 Å². The number of nitrogens with zero attached hydrogens (tertiary/aromatic N) is 4. The third-order valence-electron chi connectivity index (χ3n) is 5.39. The average molecular weight is 421 g/mol. The molecule has 9 heteroatoms. The zero-order valence-electron chi connectivity index (χ0n) is 17.0. The average Bonchev–Trinajstić information content (AvgIpc) is 3.49. The first-order valence-electron chi connectivity index (χ1n) is 10.4. The number of hydrogen-bond donors (Lipinski definition) is 1. The van der Waals surface area contributed by atoms with Gasteiger partial charge < -0.3 is 9.47 Å². The number of fused-ring (bicyclic) bond motifs is 1. The molecule has 2 aromatic heterocycles. The van der Waals surface area contributed by atoms with Crippen molar-refractivity contribution in [2.75, 3.05) is 31.6 Å². The Hall–Kier alpha value is -3.30. The van der Waals surface area contributed by atoms with Gasteiger partial charge in [-0.3, -0.25) is 19.4 Å². The van der Waals surface area contributed by atoms with Crippen molar-refractivity contribution in [2.45, 2.75) is 25.5 Å². The van der Waals surface area contributed by atoms with Crippen molar-refractivity contribution in [1.82, 2.24) is 19.3 Å². The van der Waals surface area contributed by atoms with Gasteiger partial charge in [0.2, 0.25) is 0 Å². The van der Waals surface area contributed by atoms with E-state index in [2.05, 4.69) is 32.3 Å². The topological polar surface area (TPSA) is 98.1 Å². The molecule has 1 aliphatic carbocycles. The standard InChI is InChI=1S/C22H23N5O4/c28-14-17-11-23-21-20(25-22(29)31-18-4-5-18)24-19(13-27(17)21)16-3-1-2-15(10-16)12-26-6-8-30-9-7-26/h1-3,10-11,13-14,18H,4-9,12H2,(H,24,25,29). The number of ether oxygens (including phenoxy) is 2. The van der Waals surface area contributed by atoms with E-state index in [9.17, 15) is 9.59 Å². The summed E-state index contributed by atoms with van der Waals surface area (Å²) >= 11 is 0. The van der Waals surface area contributed by atoms with E-state index >= 15 is 0 Å². The maximum absolute atomic E-state index is 12.2. The Morgan fingerprint density at radius 2 is 2.13 bits per heavy atom. The van der Waals surface area contributed by atoms with Crippen LogP contribution in [0.15, 0.2) is 36.7 Å². The minimum atomic E-state index is -0.564. The largest absolute Gasteiger partial charge is 0.446 e. The molecule has 5 rings (SSSR count). The van der Waals surface area contributed by atoms with Gasteiger partial charge in [0.05, 0.1) is 25.1 Å². The summed E-state index contributed by atoms with van der Waals surface area (Å²) in [5, 5.41) is 2.69. The number of aldehydes is 1. The number of nitrogens with one attached hydrogen (secondary N) is 1. The molecular formula is C22H23N5O4. The molecule has 1 saturated heterocycles. The fourth-order valence-electron chi connectivity index (χ4n) is 3.63. The number of hydrogen-bond acceptors (Lipinski definition) is 7. The Labute approximate surface area is 179 Å². The molecule has 1 aliphatic heterocycles. The highest BCUT2D eigenvalue weighted by atomic mass is 16.6. The fourth-order valence-corrected chi connectivity index (χ4v) is 3.63. The van der Waals surface area contributed by atoms with Crippen molar-refractivity contribution >= 4 is 23.8 Å². The lowest BCUT2D eigenvalue weighted by Gasteiger charge is -2.26. The van der Waals surface area contributed by atoms with E-state index in [1.807, 2.05) is 12.1 Å². The summed E-state index contributed by atoms with van der Waals surface area (Å²) in [6.45, 7) is 4.13. The van der Waals surface area contributed by atoms with Crippen LogP contribution >= 0.6 is 0 Å². The number of benzene rings is 1. The molecule has 0 atom stereocenters. The first kappa shape index (κ1) is 19.7. The third-order valence-corrected chi connectivity index (χ3v) is 5.39. The molecule has 1 amide bonds. The molecule has 3 heterocycles. The third kappa shape index (κ3) is 4.42.